The van der Waals surface area contributed by atoms with Crippen LogP contribution in [0.2, 0.25) is 5.02 Å². The number of methoxy groups -OCH3 is 1. The second-order valence-corrected chi connectivity index (χ2v) is 4.57. The molecule has 0 aliphatic rings. The van der Waals surface area contributed by atoms with Gasteiger partial charge in [-0.15, -0.1) is 0 Å². The average Bonchev–Trinajstić information content (AvgIpc) is 2.47. The molecule has 1 heterocycles. The summed E-state index contributed by atoms with van der Waals surface area (Å²) in [5, 5.41) is 12.5. The fraction of sp³-hybridized carbons (Fsp3) is 0.214. The molecule has 6 heteroatoms. The van der Waals surface area contributed by atoms with E-state index in [1.807, 2.05) is 0 Å². The Labute approximate surface area is 121 Å². The summed E-state index contributed by atoms with van der Waals surface area (Å²) in [6.45, 7) is -0.198. The van der Waals surface area contributed by atoms with Crippen LogP contribution in [0, 0.1) is 5.82 Å². The van der Waals surface area contributed by atoms with E-state index in [1.54, 1.807) is 31.4 Å². The third-order valence-corrected chi connectivity index (χ3v) is 3.03. The first-order valence-electron chi connectivity index (χ1n) is 5.96. The summed E-state index contributed by atoms with van der Waals surface area (Å²) in [6.07, 6.45) is 1.34. The molecule has 0 radical (unpaired) electrons. The van der Waals surface area contributed by atoms with Crippen LogP contribution in [0.15, 0.2) is 36.5 Å². The topological polar surface area (TPSA) is 54.4 Å². The molecule has 20 heavy (non-hydrogen) atoms. The second-order valence-electron chi connectivity index (χ2n) is 4.14. The number of hydrogen-bond donors (Lipinski definition) is 2. The van der Waals surface area contributed by atoms with Gasteiger partial charge < -0.3 is 15.2 Å². The Bertz CT molecular complexity index is 578. The van der Waals surface area contributed by atoms with E-state index in [0.717, 1.165) is 5.56 Å². The second kappa shape index (κ2) is 6.54. The Morgan fingerprint density at radius 3 is 2.65 bits per heavy atom. The highest BCUT2D eigenvalue weighted by molar-refractivity contribution is 6.30. The number of halogens is 2. The molecule has 0 unspecified atom stereocenters. The molecule has 0 spiro atoms. The van der Waals surface area contributed by atoms with Crippen molar-refractivity contribution in [3.8, 4) is 5.75 Å². The maximum Gasteiger partial charge on any atom is 0.166 e. The van der Waals surface area contributed by atoms with E-state index in [1.165, 1.54) is 12.3 Å². The number of aliphatic hydroxyl groups excluding tert-OH is 1. The number of pyridine rings is 1. The fourth-order valence-electron chi connectivity index (χ4n) is 1.76. The van der Waals surface area contributed by atoms with Crippen molar-refractivity contribution in [3.05, 3.63) is 52.9 Å². The van der Waals surface area contributed by atoms with Gasteiger partial charge in [0.25, 0.3) is 0 Å². The minimum absolute atomic E-state index is 0.0456. The van der Waals surface area contributed by atoms with E-state index in [-0.39, 0.29) is 17.4 Å². The van der Waals surface area contributed by atoms with Crippen LogP contribution in [0.4, 0.5) is 10.2 Å². The van der Waals surface area contributed by atoms with Gasteiger partial charge in [0.2, 0.25) is 0 Å². The Morgan fingerprint density at radius 2 is 2.10 bits per heavy atom. The Morgan fingerprint density at radius 1 is 1.40 bits per heavy atom. The lowest BCUT2D eigenvalue weighted by molar-refractivity contribution is 0.275. The zero-order chi connectivity index (χ0) is 14.5. The lowest BCUT2D eigenvalue weighted by atomic mass is 10.1. The molecule has 0 fully saturated rings. The van der Waals surface area contributed by atoms with Gasteiger partial charge in [0.15, 0.2) is 11.6 Å². The zero-order valence-electron chi connectivity index (χ0n) is 10.8. The zero-order valence-corrected chi connectivity index (χ0v) is 11.6. The van der Waals surface area contributed by atoms with E-state index in [0.29, 0.717) is 5.75 Å². The van der Waals surface area contributed by atoms with E-state index < -0.39 is 11.9 Å². The standard InChI is InChI=1S/C14H14ClFN2O2/c1-20-11-4-2-9(3-5-11)13(8-19)18-14-12(16)6-10(15)7-17-14/h2-7,13,19H,8H2,1H3,(H,17,18)/t13-/m1/s1. The number of aromatic nitrogens is 1. The molecule has 2 N–H and O–H groups in total. The molecular weight excluding hydrogens is 283 g/mol. The number of nitrogens with one attached hydrogen (secondary N) is 1. The molecule has 4 nitrogen and oxygen atoms in total. The van der Waals surface area contributed by atoms with Crippen molar-refractivity contribution in [1.29, 1.82) is 0 Å². The molecule has 1 aromatic heterocycles. The number of aliphatic hydroxyl groups is 1. The number of benzene rings is 1. The molecule has 0 aliphatic heterocycles. The van der Waals surface area contributed by atoms with Crippen molar-refractivity contribution in [1.82, 2.24) is 4.98 Å². The van der Waals surface area contributed by atoms with Crippen molar-refractivity contribution in [2.45, 2.75) is 6.04 Å². The monoisotopic (exact) mass is 296 g/mol. The van der Waals surface area contributed by atoms with E-state index in [2.05, 4.69) is 10.3 Å². The van der Waals surface area contributed by atoms with Crippen LogP contribution in [-0.4, -0.2) is 23.8 Å². The molecule has 0 amide bonds. The summed E-state index contributed by atoms with van der Waals surface area (Å²) < 4.78 is 18.7. The Balaban J connectivity index is 2.19. The van der Waals surface area contributed by atoms with Gasteiger partial charge in [0.1, 0.15) is 5.75 Å². The molecular formula is C14H14ClFN2O2. The van der Waals surface area contributed by atoms with Gasteiger partial charge in [-0.05, 0) is 23.8 Å². The van der Waals surface area contributed by atoms with Crippen molar-refractivity contribution < 1.29 is 14.2 Å². The third-order valence-electron chi connectivity index (χ3n) is 2.82. The van der Waals surface area contributed by atoms with Crippen molar-refractivity contribution in [2.24, 2.45) is 0 Å². The van der Waals surface area contributed by atoms with Gasteiger partial charge in [-0.2, -0.15) is 0 Å². The highest BCUT2D eigenvalue weighted by atomic mass is 35.5. The maximum absolute atomic E-state index is 13.7. The summed E-state index contributed by atoms with van der Waals surface area (Å²) in [6, 6.07) is 7.82. The summed E-state index contributed by atoms with van der Waals surface area (Å²) in [7, 11) is 1.57. The highest BCUT2D eigenvalue weighted by Gasteiger charge is 2.14. The van der Waals surface area contributed by atoms with Crippen LogP contribution in [-0.2, 0) is 0 Å². The molecule has 106 valence electrons. The van der Waals surface area contributed by atoms with Crippen molar-refractivity contribution >= 4 is 17.4 Å². The van der Waals surface area contributed by atoms with Crippen LogP contribution in [0.1, 0.15) is 11.6 Å². The van der Waals surface area contributed by atoms with Crippen LogP contribution in [0.3, 0.4) is 0 Å². The van der Waals surface area contributed by atoms with Crippen LogP contribution < -0.4 is 10.1 Å². The third kappa shape index (κ3) is 3.37. The predicted molar refractivity (Wildman–Crippen MR) is 75.6 cm³/mol. The molecule has 0 aliphatic carbocycles. The van der Waals surface area contributed by atoms with Gasteiger partial charge in [0, 0.05) is 6.20 Å². The molecule has 0 bridgehead atoms. The average molecular weight is 297 g/mol. The van der Waals surface area contributed by atoms with E-state index in [4.69, 9.17) is 16.3 Å². The molecule has 2 rings (SSSR count). The Kier molecular flexibility index (Phi) is 4.76. The normalized spacial score (nSPS) is 12.0. The van der Waals surface area contributed by atoms with E-state index >= 15 is 0 Å². The summed E-state index contributed by atoms with van der Waals surface area (Å²) in [4.78, 5) is 3.87. The van der Waals surface area contributed by atoms with Gasteiger partial charge >= 0.3 is 0 Å². The lowest BCUT2D eigenvalue weighted by Gasteiger charge is -2.18. The van der Waals surface area contributed by atoms with Crippen LogP contribution in [0.5, 0.6) is 5.75 Å². The largest absolute Gasteiger partial charge is 0.497 e. The summed E-state index contributed by atoms with van der Waals surface area (Å²) in [5.74, 6) is 0.190. The first-order chi connectivity index (χ1) is 9.63. The molecule has 2 aromatic rings. The lowest BCUT2D eigenvalue weighted by Crippen LogP contribution is -2.16. The number of hydrogen-bond acceptors (Lipinski definition) is 4. The first-order valence-corrected chi connectivity index (χ1v) is 6.34. The van der Waals surface area contributed by atoms with Crippen molar-refractivity contribution in [2.75, 3.05) is 19.0 Å². The Hall–Kier alpha value is -1.85. The van der Waals surface area contributed by atoms with Crippen molar-refractivity contribution in [3.63, 3.8) is 0 Å². The van der Waals surface area contributed by atoms with Gasteiger partial charge in [0.05, 0.1) is 24.8 Å². The minimum atomic E-state index is -0.565. The van der Waals surface area contributed by atoms with Gasteiger partial charge in [-0.1, -0.05) is 23.7 Å². The van der Waals surface area contributed by atoms with Crippen LogP contribution in [0.25, 0.3) is 0 Å². The fourth-order valence-corrected chi connectivity index (χ4v) is 1.90. The number of rotatable bonds is 5. The minimum Gasteiger partial charge on any atom is -0.497 e. The highest BCUT2D eigenvalue weighted by Crippen LogP contribution is 2.23. The van der Waals surface area contributed by atoms with Gasteiger partial charge in [-0.3, -0.25) is 0 Å². The SMILES string of the molecule is COc1ccc([C@@H](CO)Nc2ncc(Cl)cc2F)cc1. The quantitative estimate of drug-likeness (QED) is 0.890. The maximum atomic E-state index is 13.7. The summed E-state index contributed by atoms with van der Waals surface area (Å²) in [5.41, 5.74) is 0.796. The van der Waals surface area contributed by atoms with E-state index in [9.17, 15) is 9.50 Å². The number of nitrogens with zero attached hydrogens (tertiary/aromatic N) is 1. The molecule has 0 saturated carbocycles. The smallest absolute Gasteiger partial charge is 0.166 e. The predicted octanol–water partition coefficient (Wildman–Crippen LogP) is 3.03. The molecule has 1 atom stereocenters. The number of anilines is 1. The molecule has 1 aromatic carbocycles. The summed E-state index contributed by atoms with van der Waals surface area (Å²) >= 11 is 5.64. The van der Waals surface area contributed by atoms with Crippen LogP contribution >= 0.6 is 11.6 Å². The number of ether oxygens (including phenoxy) is 1. The molecule has 0 saturated heterocycles. The van der Waals surface area contributed by atoms with Gasteiger partial charge in [-0.25, -0.2) is 9.37 Å². The first kappa shape index (κ1) is 14.6.